The minimum atomic E-state index is -1.14. The van der Waals surface area contributed by atoms with Crippen molar-refractivity contribution >= 4 is 40.2 Å². The number of nitrogens with zero attached hydrogens (tertiary/aromatic N) is 1. The molecule has 212 valence electrons. The molecule has 41 heavy (non-hydrogen) atoms. The first kappa shape index (κ1) is 26.9. The van der Waals surface area contributed by atoms with Gasteiger partial charge in [0.05, 0.1) is 6.04 Å². The third-order valence-corrected chi connectivity index (χ3v) is 8.95. The number of aromatic amines is 1. The van der Waals surface area contributed by atoms with Crippen LogP contribution in [0.3, 0.4) is 0 Å². The summed E-state index contributed by atoms with van der Waals surface area (Å²) in [6.45, 7) is 0.174. The highest BCUT2D eigenvalue weighted by molar-refractivity contribution is 6.38. The third kappa shape index (κ3) is 5.40. The topological polar surface area (TPSA) is 128 Å². The van der Waals surface area contributed by atoms with Gasteiger partial charge in [0.1, 0.15) is 17.5 Å². The van der Waals surface area contributed by atoms with Crippen molar-refractivity contribution in [2.75, 3.05) is 0 Å². The van der Waals surface area contributed by atoms with Crippen LogP contribution >= 0.6 is 0 Å². The molecule has 9 heteroatoms. The minimum absolute atomic E-state index is 0.0240. The van der Waals surface area contributed by atoms with Crippen molar-refractivity contribution in [3.63, 3.8) is 0 Å². The van der Waals surface area contributed by atoms with Crippen molar-refractivity contribution < 1.29 is 24.0 Å². The van der Waals surface area contributed by atoms with E-state index in [2.05, 4.69) is 15.6 Å². The maximum absolute atomic E-state index is 13.8. The Morgan fingerprint density at radius 1 is 0.976 bits per heavy atom. The van der Waals surface area contributed by atoms with Gasteiger partial charge in [-0.05, 0) is 62.1 Å². The second-order valence-corrected chi connectivity index (χ2v) is 11.5. The average molecular weight is 555 g/mol. The van der Waals surface area contributed by atoms with E-state index in [0.717, 1.165) is 42.1 Å². The number of fused-ring (bicyclic) bond motifs is 3. The zero-order valence-electron chi connectivity index (χ0n) is 22.8. The van der Waals surface area contributed by atoms with Gasteiger partial charge in [0.15, 0.2) is 0 Å². The normalized spacial score (nSPS) is 24.0. The van der Waals surface area contributed by atoms with Gasteiger partial charge < -0.3 is 20.5 Å². The Kier molecular flexibility index (Phi) is 7.43. The number of carbonyl (C=O) groups is 5. The predicted molar refractivity (Wildman–Crippen MR) is 152 cm³/mol. The molecule has 3 amide bonds. The van der Waals surface area contributed by atoms with Gasteiger partial charge in [-0.2, -0.15) is 0 Å². The van der Waals surface area contributed by atoms with Crippen molar-refractivity contribution in [1.82, 2.24) is 20.5 Å². The number of H-pyrrole nitrogens is 1. The van der Waals surface area contributed by atoms with Crippen LogP contribution in [0.25, 0.3) is 10.9 Å². The van der Waals surface area contributed by atoms with Gasteiger partial charge in [0.2, 0.25) is 11.7 Å². The summed E-state index contributed by atoms with van der Waals surface area (Å²) in [5.74, 6) is -2.62. The van der Waals surface area contributed by atoms with E-state index in [1.165, 1.54) is 0 Å². The van der Waals surface area contributed by atoms with Crippen LogP contribution in [0.5, 0.6) is 0 Å². The first-order valence-corrected chi connectivity index (χ1v) is 14.5. The van der Waals surface area contributed by atoms with Crippen molar-refractivity contribution in [2.45, 2.75) is 69.6 Å². The van der Waals surface area contributed by atoms with Crippen LogP contribution in [0.4, 0.5) is 0 Å². The Morgan fingerprint density at radius 2 is 1.76 bits per heavy atom. The standard InChI is InChI=1S/C32H34N4O5/c37-27-12-6-10-21(27)17-25(29(38)31(40)33-18-19-7-2-1-3-8-19)35-30(39)28-22-13-14-23(15-22)36(28)32(41)26-16-20-9-4-5-11-24(20)34-26/h1-5,7-9,11,16,21-23,25,28,34H,6,10,12-15,17-18H2,(H,33,40)(H,35,39). The fourth-order valence-electron chi connectivity index (χ4n) is 6.88. The number of hydrogen-bond acceptors (Lipinski definition) is 5. The molecule has 3 aromatic rings. The Hall–Kier alpha value is -4.27. The van der Waals surface area contributed by atoms with Gasteiger partial charge in [-0.25, -0.2) is 0 Å². The minimum Gasteiger partial charge on any atom is -0.351 e. The van der Waals surface area contributed by atoms with E-state index in [0.29, 0.717) is 18.5 Å². The summed E-state index contributed by atoms with van der Waals surface area (Å²) in [5.41, 5.74) is 2.10. The van der Waals surface area contributed by atoms with E-state index in [9.17, 15) is 24.0 Å². The summed E-state index contributed by atoms with van der Waals surface area (Å²) in [6, 6.07) is 16.7. The Bertz CT molecular complexity index is 1460. The highest BCUT2D eigenvalue weighted by atomic mass is 16.2. The maximum atomic E-state index is 13.8. The Labute approximate surface area is 238 Å². The highest BCUT2D eigenvalue weighted by Gasteiger charge is 2.52. The monoisotopic (exact) mass is 554 g/mol. The molecular formula is C32H34N4O5. The van der Waals surface area contributed by atoms with E-state index in [4.69, 9.17) is 0 Å². The summed E-state index contributed by atoms with van der Waals surface area (Å²) < 4.78 is 0. The number of benzene rings is 2. The zero-order chi connectivity index (χ0) is 28.5. The van der Waals surface area contributed by atoms with E-state index in [1.54, 1.807) is 11.0 Å². The number of carbonyl (C=O) groups excluding carboxylic acids is 5. The first-order chi connectivity index (χ1) is 19.9. The lowest BCUT2D eigenvalue weighted by atomic mass is 9.93. The molecule has 3 aliphatic rings. The molecule has 3 N–H and O–H groups in total. The molecule has 0 spiro atoms. The van der Waals surface area contributed by atoms with Gasteiger partial charge >= 0.3 is 0 Å². The second kappa shape index (κ2) is 11.3. The van der Waals surface area contributed by atoms with E-state index in [1.807, 2.05) is 54.6 Å². The molecule has 2 heterocycles. The summed E-state index contributed by atoms with van der Waals surface area (Å²) in [5, 5.41) is 6.39. The molecule has 3 fully saturated rings. The zero-order valence-corrected chi connectivity index (χ0v) is 22.8. The SMILES string of the molecule is O=C(NCc1ccccc1)C(=O)C(CC1CCCC1=O)NC(=O)C1C2CCC(C2)N1C(=O)c1cc2ccccc2[nH]1. The summed E-state index contributed by atoms with van der Waals surface area (Å²) in [7, 11) is 0. The molecule has 9 nitrogen and oxygen atoms in total. The summed E-state index contributed by atoms with van der Waals surface area (Å²) in [6.07, 6.45) is 4.25. The lowest BCUT2D eigenvalue weighted by Gasteiger charge is -2.35. The van der Waals surface area contributed by atoms with Gasteiger partial charge in [0.25, 0.3) is 11.8 Å². The van der Waals surface area contributed by atoms with E-state index in [-0.39, 0.29) is 42.5 Å². The number of amides is 3. The average Bonchev–Trinajstić information content (AvgIpc) is 3.79. The number of hydrogen-bond donors (Lipinski definition) is 3. The van der Waals surface area contributed by atoms with Gasteiger partial charge in [-0.1, -0.05) is 48.5 Å². The van der Waals surface area contributed by atoms with Crippen LogP contribution in [0.1, 0.15) is 61.0 Å². The number of likely N-dealkylation sites (tertiary alicyclic amines) is 1. The molecule has 2 bridgehead atoms. The number of Topliss-reactive ketones (excluding diaryl/α,β-unsaturated/α-hetero) is 2. The smallest absolute Gasteiger partial charge is 0.289 e. The number of para-hydroxylation sites is 1. The van der Waals surface area contributed by atoms with Crippen LogP contribution in [-0.4, -0.2) is 57.3 Å². The number of aromatic nitrogens is 1. The van der Waals surface area contributed by atoms with Crippen molar-refractivity contribution in [2.24, 2.45) is 11.8 Å². The summed E-state index contributed by atoms with van der Waals surface area (Å²) in [4.78, 5) is 71.2. The maximum Gasteiger partial charge on any atom is 0.289 e. The molecular weight excluding hydrogens is 520 g/mol. The fourth-order valence-corrected chi connectivity index (χ4v) is 6.88. The van der Waals surface area contributed by atoms with E-state index < -0.39 is 29.7 Å². The lowest BCUT2D eigenvalue weighted by molar-refractivity contribution is -0.141. The molecule has 5 atom stereocenters. The molecule has 2 aliphatic carbocycles. The van der Waals surface area contributed by atoms with Gasteiger partial charge in [-0.15, -0.1) is 0 Å². The lowest BCUT2D eigenvalue weighted by Crippen LogP contribution is -2.57. The highest BCUT2D eigenvalue weighted by Crippen LogP contribution is 2.43. The predicted octanol–water partition coefficient (Wildman–Crippen LogP) is 3.29. The van der Waals surface area contributed by atoms with Crippen LogP contribution in [0.2, 0.25) is 0 Å². The van der Waals surface area contributed by atoms with E-state index >= 15 is 0 Å². The van der Waals surface area contributed by atoms with Crippen LogP contribution in [0.15, 0.2) is 60.7 Å². The second-order valence-electron chi connectivity index (χ2n) is 11.5. The fraction of sp³-hybridized carbons (Fsp3) is 0.406. The quantitative estimate of drug-likeness (QED) is 0.350. The molecule has 6 rings (SSSR count). The largest absolute Gasteiger partial charge is 0.351 e. The van der Waals surface area contributed by atoms with Crippen molar-refractivity contribution in [1.29, 1.82) is 0 Å². The van der Waals surface area contributed by atoms with Gasteiger partial charge in [0, 0.05) is 35.8 Å². The molecule has 1 saturated heterocycles. The third-order valence-electron chi connectivity index (χ3n) is 8.95. The molecule has 2 aromatic carbocycles. The first-order valence-electron chi connectivity index (χ1n) is 14.5. The molecule has 1 aliphatic heterocycles. The summed E-state index contributed by atoms with van der Waals surface area (Å²) >= 11 is 0. The number of ketones is 2. The number of piperidine rings is 1. The molecule has 1 aromatic heterocycles. The van der Waals surface area contributed by atoms with Crippen molar-refractivity contribution in [3.05, 3.63) is 71.9 Å². The molecule has 2 saturated carbocycles. The van der Waals surface area contributed by atoms with Crippen LogP contribution < -0.4 is 10.6 Å². The number of rotatable bonds is 9. The van der Waals surface area contributed by atoms with Crippen LogP contribution in [-0.2, 0) is 25.7 Å². The Balaban J connectivity index is 1.20. The molecule has 0 radical (unpaired) electrons. The number of nitrogens with one attached hydrogen (secondary N) is 3. The van der Waals surface area contributed by atoms with Crippen LogP contribution in [0, 0.1) is 11.8 Å². The van der Waals surface area contributed by atoms with Gasteiger partial charge in [-0.3, -0.25) is 24.0 Å². The Morgan fingerprint density at radius 3 is 2.51 bits per heavy atom. The van der Waals surface area contributed by atoms with Crippen molar-refractivity contribution in [3.8, 4) is 0 Å². The molecule has 5 unspecified atom stereocenters.